The van der Waals surface area contributed by atoms with E-state index >= 15 is 0 Å². The Hall–Kier alpha value is -0.930. The topological polar surface area (TPSA) is 35.2 Å². The highest BCUT2D eigenvalue weighted by Crippen LogP contribution is 2.12. The zero-order chi connectivity index (χ0) is 13.2. The van der Waals surface area contributed by atoms with Gasteiger partial charge in [0.05, 0.1) is 6.61 Å². The Morgan fingerprint density at radius 1 is 1.11 bits per heavy atom. The first-order chi connectivity index (χ1) is 8.77. The summed E-state index contributed by atoms with van der Waals surface area (Å²) in [4.78, 5) is 0. The molecule has 0 fully saturated rings. The summed E-state index contributed by atoms with van der Waals surface area (Å²) >= 11 is 0. The number of unbranched alkanes of at least 4 members (excludes halogenated alkanes) is 4. The highest BCUT2D eigenvalue weighted by atomic mass is 19.1. The van der Waals surface area contributed by atoms with Crippen molar-refractivity contribution in [2.24, 2.45) is 5.73 Å². The molecule has 1 rings (SSSR count). The number of benzene rings is 1. The number of halogens is 1. The van der Waals surface area contributed by atoms with Crippen molar-refractivity contribution in [3.8, 4) is 0 Å². The minimum atomic E-state index is -0.237. The molecule has 102 valence electrons. The van der Waals surface area contributed by atoms with E-state index < -0.39 is 0 Å². The third kappa shape index (κ3) is 5.61. The number of nitrogens with two attached hydrogens (primary N) is 1. The SMILES string of the molecule is CCCCCCCOCc1ccc(F)cc1CN. The van der Waals surface area contributed by atoms with Gasteiger partial charge in [0.1, 0.15) is 5.82 Å². The molecule has 1 aromatic carbocycles. The average Bonchev–Trinajstić information content (AvgIpc) is 2.39. The van der Waals surface area contributed by atoms with Crippen molar-refractivity contribution >= 4 is 0 Å². The second-order valence-corrected chi connectivity index (χ2v) is 4.58. The third-order valence-electron chi connectivity index (χ3n) is 3.04. The Morgan fingerprint density at radius 3 is 2.61 bits per heavy atom. The molecule has 0 saturated heterocycles. The van der Waals surface area contributed by atoms with E-state index in [1.807, 2.05) is 0 Å². The molecule has 0 radical (unpaired) electrons. The normalized spacial score (nSPS) is 10.8. The molecule has 0 heterocycles. The lowest BCUT2D eigenvalue weighted by atomic mass is 10.1. The van der Waals surface area contributed by atoms with Crippen molar-refractivity contribution in [3.63, 3.8) is 0 Å². The lowest BCUT2D eigenvalue weighted by Gasteiger charge is -2.09. The van der Waals surface area contributed by atoms with Crippen LogP contribution in [0.1, 0.15) is 50.2 Å². The molecule has 0 bridgehead atoms. The summed E-state index contributed by atoms with van der Waals surface area (Å²) in [7, 11) is 0. The van der Waals surface area contributed by atoms with Crippen LogP contribution in [0.4, 0.5) is 4.39 Å². The van der Waals surface area contributed by atoms with Gasteiger partial charge in [0.15, 0.2) is 0 Å². The molecule has 0 amide bonds. The van der Waals surface area contributed by atoms with E-state index in [9.17, 15) is 4.39 Å². The smallest absolute Gasteiger partial charge is 0.123 e. The molecule has 0 atom stereocenters. The molecule has 1 aromatic rings. The highest BCUT2D eigenvalue weighted by Gasteiger charge is 2.02. The van der Waals surface area contributed by atoms with Crippen LogP contribution in [-0.4, -0.2) is 6.61 Å². The van der Waals surface area contributed by atoms with Crippen molar-refractivity contribution in [2.75, 3.05) is 6.61 Å². The average molecular weight is 253 g/mol. The van der Waals surface area contributed by atoms with Gasteiger partial charge < -0.3 is 10.5 Å². The number of rotatable bonds is 9. The molecule has 18 heavy (non-hydrogen) atoms. The van der Waals surface area contributed by atoms with E-state index in [0.717, 1.165) is 24.2 Å². The minimum Gasteiger partial charge on any atom is -0.377 e. The third-order valence-corrected chi connectivity index (χ3v) is 3.04. The second-order valence-electron chi connectivity index (χ2n) is 4.58. The quantitative estimate of drug-likeness (QED) is 0.680. The van der Waals surface area contributed by atoms with Crippen LogP contribution in [-0.2, 0) is 17.9 Å². The van der Waals surface area contributed by atoms with Crippen molar-refractivity contribution in [1.29, 1.82) is 0 Å². The van der Waals surface area contributed by atoms with Gasteiger partial charge in [-0.05, 0) is 29.7 Å². The molecule has 3 heteroatoms. The standard InChI is InChI=1S/C15H24FNO/c1-2-3-4-5-6-9-18-12-13-7-8-15(16)10-14(13)11-17/h7-8,10H,2-6,9,11-12,17H2,1H3. The lowest BCUT2D eigenvalue weighted by molar-refractivity contribution is 0.116. The maximum atomic E-state index is 13.0. The largest absolute Gasteiger partial charge is 0.377 e. The van der Waals surface area contributed by atoms with Gasteiger partial charge in [-0.15, -0.1) is 0 Å². The number of hydrogen-bond donors (Lipinski definition) is 1. The fourth-order valence-corrected chi connectivity index (χ4v) is 1.92. The summed E-state index contributed by atoms with van der Waals surface area (Å²) in [5, 5.41) is 0. The number of hydrogen-bond acceptors (Lipinski definition) is 2. The maximum absolute atomic E-state index is 13.0. The van der Waals surface area contributed by atoms with Crippen LogP contribution >= 0.6 is 0 Å². The minimum absolute atomic E-state index is 0.237. The molecule has 0 aromatic heterocycles. The first-order valence-electron chi connectivity index (χ1n) is 6.83. The van der Waals surface area contributed by atoms with Gasteiger partial charge in [0, 0.05) is 13.2 Å². The van der Waals surface area contributed by atoms with Gasteiger partial charge >= 0.3 is 0 Å². The van der Waals surface area contributed by atoms with Crippen molar-refractivity contribution in [1.82, 2.24) is 0 Å². The first kappa shape index (κ1) is 15.1. The van der Waals surface area contributed by atoms with Crippen molar-refractivity contribution < 1.29 is 9.13 Å². The summed E-state index contributed by atoms with van der Waals surface area (Å²) in [5.74, 6) is -0.237. The van der Waals surface area contributed by atoms with Crippen LogP contribution < -0.4 is 5.73 Å². The number of ether oxygens (including phenoxy) is 1. The summed E-state index contributed by atoms with van der Waals surface area (Å²) in [6, 6.07) is 4.70. The van der Waals surface area contributed by atoms with Gasteiger partial charge in [-0.1, -0.05) is 38.7 Å². The summed E-state index contributed by atoms with van der Waals surface area (Å²) in [6.45, 7) is 3.86. The molecule has 0 unspecified atom stereocenters. The Kier molecular flexibility index (Phi) is 7.62. The fourth-order valence-electron chi connectivity index (χ4n) is 1.92. The van der Waals surface area contributed by atoms with E-state index in [-0.39, 0.29) is 5.82 Å². The molecular formula is C15H24FNO. The van der Waals surface area contributed by atoms with E-state index in [4.69, 9.17) is 10.5 Å². The van der Waals surface area contributed by atoms with Crippen LogP contribution in [0.5, 0.6) is 0 Å². The zero-order valence-corrected chi connectivity index (χ0v) is 11.3. The zero-order valence-electron chi connectivity index (χ0n) is 11.3. The summed E-state index contributed by atoms with van der Waals surface area (Å²) in [5.41, 5.74) is 7.41. The molecule has 0 aliphatic rings. The van der Waals surface area contributed by atoms with Crippen molar-refractivity contribution in [2.45, 2.75) is 52.2 Å². The van der Waals surface area contributed by atoms with Crippen LogP contribution in [0.25, 0.3) is 0 Å². The van der Waals surface area contributed by atoms with Gasteiger partial charge in [-0.3, -0.25) is 0 Å². The van der Waals surface area contributed by atoms with Crippen LogP contribution in [0.15, 0.2) is 18.2 Å². The summed E-state index contributed by atoms with van der Waals surface area (Å²) in [6.07, 6.45) is 6.16. The van der Waals surface area contributed by atoms with Crippen molar-refractivity contribution in [3.05, 3.63) is 35.1 Å². The Balaban J connectivity index is 2.22. The predicted molar refractivity (Wildman–Crippen MR) is 72.7 cm³/mol. The Bertz CT molecular complexity index is 341. The fraction of sp³-hybridized carbons (Fsp3) is 0.600. The van der Waals surface area contributed by atoms with Crippen LogP contribution in [0.2, 0.25) is 0 Å². The lowest BCUT2D eigenvalue weighted by Crippen LogP contribution is -2.04. The van der Waals surface area contributed by atoms with Crippen LogP contribution in [0, 0.1) is 5.82 Å². The molecule has 0 aliphatic heterocycles. The van der Waals surface area contributed by atoms with E-state index in [1.165, 1.54) is 37.8 Å². The predicted octanol–water partition coefficient (Wildman–Crippen LogP) is 3.77. The molecule has 0 saturated carbocycles. The highest BCUT2D eigenvalue weighted by molar-refractivity contribution is 5.27. The Labute approximate surface area is 109 Å². The maximum Gasteiger partial charge on any atom is 0.123 e. The second kappa shape index (κ2) is 9.06. The van der Waals surface area contributed by atoms with Gasteiger partial charge in [-0.25, -0.2) is 4.39 Å². The first-order valence-corrected chi connectivity index (χ1v) is 6.83. The van der Waals surface area contributed by atoms with Gasteiger partial charge in [0.25, 0.3) is 0 Å². The molecule has 0 spiro atoms. The van der Waals surface area contributed by atoms with E-state index in [1.54, 1.807) is 6.07 Å². The van der Waals surface area contributed by atoms with Gasteiger partial charge in [-0.2, -0.15) is 0 Å². The van der Waals surface area contributed by atoms with Crippen LogP contribution in [0.3, 0.4) is 0 Å². The molecule has 0 aliphatic carbocycles. The molecular weight excluding hydrogens is 229 g/mol. The van der Waals surface area contributed by atoms with Gasteiger partial charge in [0.2, 0.25) is 0 Å². The van der Waals surface area contributed by atoms with E-state index in [2.05, 4.69) is 6.92 Å². The molecule has 2 nitrogen and oxygen atoms in total. The monoisotopic (exact) mass is 253 g/mol. The Morgan fingerprint density at radius 2 is 1.89 bits per heavy atom. The molecule has 2 N–H and O–H groups in total. The summed E-state index contributed by atoms with van der Waals surface area (Å²) < 4.78 is 18.6. The van der Waals surface area contributed by atoms with E-state index in [0.29, 0.717) is 13.2 Å².